The van der Waals surface area contributed by atoms with E-state index in [1.807, 2.05) is 0 Å². The summed E-state index contributed by atoms with van der Waals surface area (Å²) in [6, 6.07) is -0.563. The summed E-state index contributed by atoms with van der Waals surface area (Å²) in [5, 5.41) is 11.5. The Morgan fingerprint density at radius 1 is 1.47 bits per heavy atom. The Hall–Kier alpha value is -0.780. The number of rotatable bonds is 2. The molecule has 0 spiro atoms. The van der Waals surface area contributed by atoms with E-state index in [0.717, 1.165) is 0 Å². The molecule has 1 aliphatic rings. The Bertz CT molecular complexity index is 257. The quantitative estimate of drug-likeness (QED) is 0.742. The van der Waals surface area contributed by atoms with Crippen LogP contribution in [0.5, 0.6) is 0 Å². The number of hydrogen-bond acceptors (Lipinski definition) is 2. The van der Waals surface area contributed by atoms with Gasteiger partial charge in [-0.2, -0.15) is 13.2 Å². The van der Waals surface area contributed by atoms with Crippen molar-refractivity contribution in [3.63, 3.8) is 0 Å². The fraction of sp³-hybridized carbons (Fsp3) is 0.889. The van der Waals surface area contributed by atoms with Crippen LogP contribution in [0.4, 0.5) is 13.2 Å². The van der Waals surface area contributed by atoms with E-state index in [0.29, 0.717) is 0 Å². The summed E-state index contributed by atoms with van der Waals surface area (Å²) >= 11 is 0. The third-order valence-electron chi connectivity index (χ3n) is 2.57. The summed E-state index contributed by atoms with van der Waals surface area (Å²) in [4.78, 5) is 11.1. The zero-order chi connectivity index (χ0) is 11.9. The largest absolute Gasteiger partial charge is 0.417 e. The predicted molar refractivity (Wildman–Crippen MR) is 47.0 cm³/mol. The molecule has 2 N–H and O–H groups in total. The van der Waals surface area contributed by atoms with Crippen LogP contribution in [0, 0.1) is 5.92 Å². The van der Waals surface area contributed by atoms with Gasteiger partial charge in [0.25, 0.3) is 0 Å². The first-order valence-electron chi connectivity index (χ1n) is 4.75. The summed E-state index contributed by atoms with van der Waals surface area (Å²) in [6.45, 7) is 3.31. The van der Waals surface area contributed by atoms with Crippen molar-refractivity contribution in [3.8, 4) is 0 Å². The Kier molecular flexibility index (Phi) is 3.00. The topological polar surface area (TPSA) is 49.3 Å². The summed E-state index contributed by atoms with van der Waals surface area (Å²) in [5.41, 5.74) is -2.61. The lowest BCUT2D eigenvalue weighted by Crippen LogP contribution is -2.62. The first-order chi connectivity index (χ1) is 6.66. The standard InChI is InChI=1S/C9H14F3NO2/c1-5(2)7(14)13-6-3-8(15,4-6)9(10,11)12/h5-6,15H,3-4H2,1-2H3,(H,13,14). The molecule has 1 saturated carbocycles. The smallest absolute Gasteiger partial charge is 0.380 e. The Labute approximate surface area is 85.7 Å². The van der Waals surface area contributed by atoms with Gasteiger partial charge in [-0.3, -0.25) is 4.79 Å². The van der Waals surface area contributed by atoms with Crippen LogP contribution in [0.2, 0.25) is 0 Å². The molecule has 1 fully saturated rings. The van der Waals surface area contributed by atoms with Gasteiger partial charge in [0.2, 0.25) is 5.91 Å². The molecule has 1 amide bonds. The Balaban J connectivity index is 2.41. The summed E-state index contributed by atoms with van der Waals surface area (Å²) in [7, 11) is 0. The average molecular weight is 225 g/mol. The van der Waals surface area contributed by atoms with Crippen LogP contribution in [0.15, 0.2) is 0 Å². The van der Waals surface area contributed by atoms with Crippen LogP contribution in [0.25, 0.3) is 0 Å². The van der Waals surface area contributed by atoms with Gasteiger partial charge < -0.3 is 10.4 Å². The number of hydrogen-bond donors (Lipinski definition) is 2. The van der Waals surface area contributed by atoms with Crippen molar-refractivity contribution < 1.29 is 23.1 Å². The Morgan fingerprint density at radius 3 is 2.27 bits per heavy atom. The van der Waals surface area contributed by atoms with Gasteiger partial charge in [-0.15, -0.1) is 0 Å². The summed E-state index contributed by atoms with van der Waals surface area (Å²) in [5.74, 6) is -0.547. The van der Waals surface area contributed by atoms with Gasteiger partial charge in [-0.25, -0.2) is 0 Å². The molecule has 0 aromatic rings. The molecule has 0 aromatic carbocycles. The van der Waals surface area contributed by atoms with Crippen molar-refractivity contribution >= 4 is 5.91 Å². The average Bonchev–Trinajstić information content (AvgIpc) is 1.98. The van der Waals surface area contributed by atoms with E-state index < -0.39 is 30.7 Å². The van der Waals surface area contributed by atoms with Gasteiger partial charge in [0.15, 0.2) is 5.60 Å². The fourth-order valence-electron chi connectivity index (χ4n) is 1.46. The molecule has 1 aliphatic carbocycles. The van der Waals surface area contributed by atoms with Crippen LogP contribution in [-0.2, 0) is 4.79 Å². The maximum atomic E-state index is 12.2. The molecule has 0 bridgehead atoms. The second-order valence-corrected chi connectivity index (χ2v) is 4.30. The van der Waals surface area contributed by atoms with E-state index in [-0.39, 0.29) is 11.8 Å². The fourth-order valence-corrected chi connectivity index (χ4v) is 1.46. The monoisotopic (exact) mass is 225 g/mol. The Morgan fingerprint density at radius 2 is 1.93 bits per heavy atom. The van der Waals surface area contributed by atoms with E-state index in [9.17, 15) is 18.0 Å². The third-order valence-corrected chi connectivity index (χ3v) is 2.57. The number of aliphatic hydroxyl groups is 1. The molecule has 1 rings (SSSR count). The lowest BCUT2D eigenvalue weighted by atomic mass is 9.75. The highest BCUT2D eigenvalue weighted by atomic mass is 19.4. The van der Waals surface area contributed by atoms with Crippen molar-refractivity contribution in [1.82, 2.24) is 5.32 Å². The molecule has 0 unspecified atom stereocenters. The van der Waals surface area contributed by atoms with E-state index in [1.54, 1.807) is 13.8 Å². The molecule has 0 aromatic heterocycles. The molecule has 15 heavy (non-hydrogen) atoms. The minimum atomic E-state index is -4.61. The first kappa shape index (κ1) is 12.3. The minimum absolute atomic E-state index is 0.260. The van der Waals surface area contributed by atoms with Crippen molar-refractivity contribution in [2.24, 2.45) is 5.92 Å². The number of amides is 1. The number of alkyl halides is 3. The van der Waals surface area contributed by atoms with Crippen LogP contribution in [-0.4, -0.2) is 28.8 Å². The number of carbonyl (C=O) groups excluding carboxylic acids is 1. The molecule has 88 valence electrons. The van der Waals surface area contributed by atoms with Crippen molar-refractivity contribution in [2.75, 3.05) is 0 Å². The highest BCUT2D eigenvalue weighted by Crippen LogP contribution is 2.45. The van der Waals surface area contributed by atoms with Crippen molar-refractivity contribution in [1.29, 1.82) is 0 Å². The van der Waals surface area contributed by atoms with Gasteiger partial charge >= 0.3 is 6.18 Å². The zero-order valence-electron chi connectivity index (χ0n) is 8.56. The lowest BCUT2D eigenvalue weighted by Gasteiger charge is -2.44. The number of halogens is 3. The minimum Gasteiger partial charge on any atom is -0.380 e. The van der Waals surface area contributed by atoms with E-state index in [4.69, 9.17) is 5.11 Å². The van der Waals surface area contributed by atoms with Crippen molar-refractivity contribution in [3.05, 3.63) is 0 Å². The lowest BCUT2D eigenvalue weighted by molar-refractivity contribution is -0.291. The van der Waals surface area contributed by atoms with E-state index >= 15 is 0 Å². The number of nitrogens with one attached hydrogen (secondary N) is 1. The van der Waals surface area contributed by atoms with Crippen molar-refractivity contribution in [2.45, 2.75) is 44.5 Å². The predicted octanol–water partition coefficient (Wildman–Crippen LogP) is 1.21. The summed E-state index contributed by atoms with van der Waals surface area (Å²) in [6.07, 6.45) is -5.50. The molecular formula is C9H14F3NO2. The van der Waals surface area contributed by atoms with Gasteiger partial charge in [0, 0.05) is 24.8 Å². The van der Waals surface area contributed by atoms with Gasteiger partial charge in [0.05, 0.1) is 0 Å². The highest BCUT2D eigenvalue weighted by molar-refractivity contribution is 5.78. The van der Waals surface area contributed by atoms with E-state index in [2.05, 4.69) is 5.32 Å². The van der Waals surface area contributed by atoms with Gasteiger partial charge in [-0.05, 0) is 0 Å². The molecule has 0 saturated heterocycles. The zero-order valence-corrected chi connectivity index (χ0v) is 8.56. The summed E-state index contributed by atoms with van der Waals surface area (Å²) < 4.78 is 36.6. The molecule has 0 heterocycles. The van der Waals surface area contributed by atoms with Crippen LogP contribution in [0.3, 0.4) is 0 Å². The third kappa shape index (κ3) is 2.42. The van der Waals surface area contributed by atoms with E-state index in [1.165, 1.54) is 0 Å². The molecule has 0 radical (unpaired) electrons. The molecule has 3 nitrogen and oxygen atoms in total. The van der Waals surface area contributed by atoms with Crippen LogP contribution in [0.1, 0.15) is 26.7 Å². The normalized spacial score (nSPS) is 31.3. The molecular weight excluding hydrogens is 211 g/mol. The maximum absolute atomic E-state index is 12.2. The second-order valence-electron chi connectivity index (χ2n) is 4.30. The molecule has 6 heteroatoms. The second kappa shape index (κ2) is 3.66. The van der Waals surface area contributed by atoms with Crippen LogP contribution >= 0.6 is 0 Å². The van der Waals surface area contributed by atoms with Gasteiger partial charge in [0.1, 0.15) is 0 Å². The van der Waals surface area contributed by atoms with Crippen LogP contribution < -0.4 is 5.32 Å². The van der Waals surface area contributed by atoms with Gasteiger partial charge in [-0.1, -0.05) is 13.8 Å². The highest BCUT2D eigenvalue weighted by Gasteiger charge is 2.61. The SMILES string of the molecule is CC(C)C(=O)NC1CC(O)(C(F)(F)F)C1. The maximum Gasteiger partial charge on any atom is 0.417 e. The first-order valence-corrected chi connectivity index (χ1v) is 4.75. The molecule has 0 aliphatic heterocycles. The number of carbonyl (C=O) groups is 1. The molecule has 0 atom stereocenters.